The van der Waals surface area contributed by atoms with E-state index in [0.29, 0.717) is 5.95 Å². The van der Waals surface area contributed by atoms with E-state index in [1.165, 1.54) is 90.8 Å². The van der Waals surface area contributed by atoms with Crippen molar-refractivity contribution in [2.45, 2.75) is 0 Å². The van der Waals surface area contributed by atoms with Crippen LogP contribution in [0.2, 0.25) is 0 Å². The van der Waals surface area contributed by atoms with Crippen molar-refractivity contribution in [1.82, 2.24) is 19.1 Å². The van der Waals surface area contributed by atoms with Crippen LogP contribution in [0, 0.1) is 0 Å². The normalized spacial score (nSPS) is 12.5. The van der Waals surface area contributed by atoms with Crippen LogP contribution < -0.4 is 0 Å². The van der Waals surface area contributed by atoms with Crippen LogP contribution in [-0.4, -0.2) is 19.1 Å². The zero-order valence-electron chi connectivity index (χ0n) is 30.8. The number of fused-ring (bicyclic) bond motifs is 18. The summed E-state index contributed by atoms with van der Waals surface area (Å²) >= 11 is 3.59. The third-order valence-electron chi connectivity index (χ3n) is 12.3. The lowest BCUT2D eigenvalue weighted by molar-refractivity contribution is 1.02. The molecule has 0 aliphatic carbocycles. The summed E-state index contributed by atoms with van der Waals surface area (Å²) in [7, 11) is 0. The molecular weight excluding hydrogens is 745 g/mol. The van der Waals surface area contributed by atoms with Crippen LogP contribution in [0.1, 0.15) is 0 Å². The maximum atomic E-state index is 5.74. The van der Waals surface area contributed by atoms with Crippen molar-refractivity contribution in [3.05, 3.63) is 170 Å². The van der Waals surface area contributed by atoms with Gasteiger partial charge in [-0.25, -0.2) is 9.97 Å². The van der Waals surface area contributed by atoms with E-state index in [0.717, 1.165) is 32.5 Å². The van der Waals surface area contributed by atoms with Crippen molar-refractivity contribution in [2.75, 3.05) is 0 Å². The van der Waals surface area contributed by atoms with Gasteiger partial charge < -0.3 is 4.57 Å². The second kappa shape index (κ2) is 11.3. The fourth-order valence-corrected chi connectivity index (χ4v) is 12.2. The molecule has 8 aromatic carbocycles. The Balaban J connectivity index is 1.19. The molecule has 13 aromatic rings. The van der Waals surface area contributed by atoms with E-state index in [1.807, 2.05) is 11.3 Å². The van der Waals surface area contributed by atoms with E-state index >= 15 is 0 Å². The van der Waals surface area contributed by atoms with Gasteiger partial charge >= 0.3 is 0 Å². The fraction of sp³-hybridized carbons (Fsp3) is 0. The Morgan fingerprint density at radius 3 is 1.81 bits per heavy atom. The van der Waals surface area contributed by atoms with Gasteiger partial charge in [-0.3, -0.25) is 4.57 Å². The van der Waals surface area contributed by atoms with Gasteiger partial charge in [0.25, 0.3) is 0 Å². The number of hydrogen-bond donors (Lipinski definition) is 0. The molecular formula is C52H28N4S2. The van der Waals surface area contributed by atoms with Crippen molar-refractivity contribution in [3.63, 3.8) is 0 Å². The lowest BCUT2D eigenvalue weighted by Crippen LogP contribution is -2.03. The molecule has 1 aliphatic rings. The van der Waals surface area contributed by atoms with Crippen molar-refractivity contribution >= 4 is 107 Å². The molecule has 0 bridgehead atoms. The van der Waals surface area contributed by atoms with Crippen LogP contribution in [0.3, 0.4) is 0 Å². The zero-order valence-corrected chi connectivity index (χ0v) is 32.4. The third kappa shape index (κ3) is 3.93. The number of benzene rings is 8. The number of nitrogens with zero attached hydrogens (tertiary/aromatic N) is 4. The standard InChI is InChI=1S/C52H28N4S2/c1-2-17-32-29(14-1)30-15-3-8-22-38(30)55-39-23-9-4-16-31(39)37-28-41-46(47(32)50(37)55)33-18-5-10-24-40(33)56(41)52-53-49(48-35-20-7-12-26-43(35)58-51(48)54-52)36-21-13-27-44-45(36)34-19-6-11-25-42(34)57-44/h1-28H. The van der Waals surface area contributed by atoms with Crippen LogP contribution in [0.25, 0.3) is 129 Å². The van der Waals surface area contributed by atoms with Crippen LogP contribution in [-0.2, 0) is 0 Å². The summed E-state index contributed by atoms with van der Waals surface area (Å²) in [6, 6.07) is 62.0. The van der Waals surface area contributed by atoms with Crippen LogP contribution >= 0.6 is 22.7 Å². The quantitative estimate of drug-likeness (QED) is 0.175. The minimum Gasteiger partial charge on any atom is -0.308 e. The summed E-state index contributed by atoms with van der Waals surface area (Å²) in [4.78, 5) is 12.3. The van der Waals surface area contributed by atoms with E-state index in [2.05, 4.69) is 179 Å². The summed E-state index contributed by atoms with van der Waals surface area (Å²) in [5.74, 6) is 0.678. The maximum absolute atomic E-state index is 5.74. The van der Waals surface area contributed by atoms with Gasteiger partial charge in [0.15, 0.2) is 0 Å². The smallest absolute Gasteiger partial charge is 0.236 e. The first-order valence-corrected chi connectivity index (χ1v) is 21.2. The number of thiophene rings is 2. The molecule has 0 saturated carbocycles. The number of hydrogen-bond acceptors (Lipinski definition) is 4. The van der Waals surface area contributed by atoms with Crippen LogP contribution in [0.4, 0.5) is 0 Å². The van der Waals surface area contributed by atoms with Gasteiger partial charge in [-0.15, -0.1) is 22.7 Å². The lowest BCUT2D eigenvalue weighted by atomic mass is 9.91. The Kier molecular flexibility index (Phi) is 6.02. The summed E-state index contributed by atoms with van der Waals surface area (Å²) in [5.41, 5.74) is 12.8. The average molecular weight is 773 g/mol. The topological polar surface area (TPSA) is 35.6 Å². The summed E-state index contributed by atoms with van der Waals surface area (Å²) < 4.78 is 8.60. The highest BCUT2D eigenvalue weighted by atomic mass is 32.1. The largest absolute Gasteiger partial charge is 0.308 e. The van der Waals surface area contributed by atoms with Crippen molar-refractivity contribution in [2.24, 2.45) is 0 Å². The molecule has 6 heteroatoms. The molecule has 6 heterocycles. The Morgan fingerprint density at radius 2 is 0.983 bits per heavy atom. The Morgan fingerprint density at radius 1 is 0.379 bits per heavy atom. The van der Waals surface area contributed by atoms with E-state index in [-0.39, 0.29) is 0 Å². The monoisotopic (exact) mass is 772 g/mol. The Labute approximate surface area is 339 Å². The van der Waals surface area contributed by atoms with Crippen molar-refractivity contribution in [3.8, 4) is 45.1 Å². The van der Waals surface area contributed by atoms with Gasteiger partial charge in [0, 0.05) is 73.9 Å². The Hall–Kier alpha value is -7.12. The molecule has 5 aromatic heterocycles. The van der Waals surface area contributed by atoms with Gasteiger partial charge in [0.2, 0.25) is 5.95 Å². The number of aromatic nitrogens is 4. The van der Waals surface area contributed by atoms with Gasteiger partial charge in [-0.1, -0.05) is 127 Å². The number of para-hydroxylation sites is 3. The lowest BCUT2D eigenvalue weighted by Gasteiger charge is -2.13. The third-order valence-corrected chi connectivity index (χ3v) is 14.5. The summed E-state index contributed by atoms with van der Waals surface area (Å²) in [6.45, 7) is 0. The molecule has 1 aliphatic heterocycles. The number of rotatable bonds is 2. The van der Waals surface area contributed by atoms with Gasteiger partial charge in [0.05, 0.1) is 33.4 Å². The Bertz CT molecular complexity index is 3930. The van der Waals surface area contributed by atoms with Crippen LogP contribution in [0.5, 0.6) is 0 Å². The van der Waals surface area contributed by atoms with E-state index < -0.39 is 0 Å². The van der Waals surface area contributed by atoms with Gasteiger partial charge in [0.1, 0.15) is 4.83 Å². The first-order valence-electron chi connectivity index (χ1n) is 19.6. The molecule has 0 atom stereocenters. The minimum atomic E-state index is 0.678. The minimum absolute atomic E-state index is 0.678. The SMILES string of the molecule is c1ccc2c(c1)-c1ccccc1-n1c3ccccc3c3cc4c(c-2c31)c1ccccc1n4-c1nc(-c2cccc3sc4ccccc4c23)c2c(n1)sc1ccccc12. The second-order valence-corrected chi connectivity index (χ2v) is 17.4. The molecule has 0 N–H and O–H groups in total. The molecule has 0 saturated heterocycles. The highest BCUT2D eigenvalue weighted by Gasteiger charge is 2.30. The predicted octanol–water partition coefficient (Wildman–Crippen LogP) is 14.7. The first kappa shape index (κ1) is 31.0. The van der Waals surface area contributed by atoms with E-state index in [1.54, 1.807) is 11.3 Å². The fourth-order valence-electron chi connectivity index (χ4n) is 10.0. The molecule has 58 heavy (non-hydrogen) atoms. The van der Waals surface area contributed by atoms with Gasteiger partial charge in [-0.2, -0.15) is 0 Å². The zero-order chi connectivity index (χ0) is 37.6. The van der Waals surface area contributed by atoms with Crippen molar-refractivity contribution < 1.29 is 0 Å². The average Bonchev–Trinajstić information content (AvgIpc) is 4.01. The molecule has 4 nitrogen and oxygen atoms in total. The molecule has 14 rings (SSSR count). The van der Waals surface area contributed by atoms with E-state index in [4.69, 9.17) is 9.97 Å². The highest BCUT2D eigenvalue weighted by Crippen LogP contribution is 2.52. The molecule has 0 radical (unpaired) electrons. The molecule has 0 amide bonds. The maximum Gasteiger partial charge on any atom is 0.236 e. The summed E-state index contributed by atoms with van der Waals surface area (Å²) in [5, 5.41) is 9.63. The molecule has 0 unspecified atom stereocenters. The first-order chi connectivity index (χ1) is 28.8. The van der Waals surface area contributed by atoms with E-state index in [9.17, 15) is 0 Å². The molecule has 0 spiro atoms. The predicted molar refractivity (Wildman–Crippen MR) is 246 cm³/mol. The van der Waals surface area contributed by atoms with Crippen LogP contribution in [0.15, 0.2) is 170 Å². The highest BCUT2D eigenvalue weighted by molar-refractivity contribution is 7.26. The second-order valence-electron chi connectivity index (χ2n) is 15.2. The summed E-state index contributed by atoms with van der Waals surface area (Å²) in [6.07, 6.45) is 0. The molecule has 268 valence electrons. The van der Waals surface area contributed by atoms with Crippen molar-refractivity contribution in [1.29, 1.82) is 0 Å². The van der Waals surface area contributed by atoms with Gasteiger partial charge in [-0.05, 0) is 53.6 Å². The molecule has 0 fully saturated rings.